The Labute approximate surface area is 120 Å². The van der Waals surface area contributed by atoms with Crippen molar-refractivity contribution in [3.05, 3.63) is 28.2 Å². The van der Waals surface area contributed by atoms with Crippen LogP contribution >= 0.6 is 15.9 Å². The Morgan fingerprint density at radius 2 is 2.16 bits per heavy atom. The molecule has 1 aromatic carbocycles. The van der Waals surface area contributed by atoms with Crippen LogP contribution in [0, 0.1) is 5.92 Å². The molecule has 0 spiro atoms. The van der Waals surface area contributed by atoms with Gasteiger partial charge in [-0.15, -0.1) is 0 Å². The fourth-order valence-electron chi connectivity index (χ4n) is 1.32. The number of carbonyl (C=O) groups is 2. The molecule has 19 heavy (non-hydrogen) atoms. The second kappa shape index (κ2) is 7.25. The van der Waals surface area contributed by atoms with E-state index in [4.69, 9.17) is 10.5 Å². The van der Waals surface area contributed by atoms with Crippen molar-refractivity contribution in [2.24, 2.45) is 11.7 Å². The van der Waals surface area contributed by atoms with E-state index in [9.17, 15) is 9.59 Å². The number of rotatable bonds is 5. The molecule has 3 N–H and O–H groups in total. The molecule has 0 aromatic heterocycles. The van der Waals surface area contributed by atoms with E-state index in [0.717, 1.165) is 0 Å². The van der Waals surface area contributed by atoms with Crippen LogP contribution in [0.15, 0.2) is 22.7 Å². The molecule has 0 bridgehead atoms. The van der Waals surface area contributed by atoms with Crippen LogP contribution in [0.5, 0.6) is 0 Å². The first-order valence-corrected chi connectivity index (χ1v) is 6.76. The van der Waals surface area contributed by atoms with Crippen LogP contribution in [0.1, 0.15) is 24.2 Å². The van der Waals surface area contributed by atoms with Gasteiger partial charge in [-0.1, -0.05) is 6.92 Å². The van der Waals surface area contributed by atoms with E-state index in [-0.39, 0.29) is 18.4 Å². The number of hydrogen-bond donors (Lipinski definition) is 2. The molecule has 0 aliphatic rings. The summed E-state index contributed by atoms with van der Waals surface area (Å²) >= 11 is 3.31. The maximum atomic E-state index is 11.7. The second-order valence-electron chi connectivity index (χ2n) is 4.04. The van der Waals surface area contributed by atoms with Crippen LogP contribution < -0.4 is 11.1 Å². The van der Waals surface area contributed by atoms with E-state index < -0.39 is 5.97 Å². The minimum Gasteiger partial charge on any atom is -0.462 e. The van der Waals surface area contributed by atoms with Crippen LogP contribution in [0.3, 0.4) is 0 Å². The zero-order valence-electron chi connectivity index (χ0n) is 10.9. The van der Waals surface area contributed by atoms with Gasteiger partial charge in [0.2, 0.25) is 5.91 Å². The molecule has 1 aromatic rings. The molecule has 0 saturated heterocycles. The molecule has 0 aliphatic carbocycles. The maximum absolute atomic E-state index is 11.7. The van der Waals surface area contributed by atoms with Gasteiger partial charge in [-0.2, -0.15) is 0 Å². The lowest BCUT2D eigenvalue weighted by molar-refractivity contribution is -0.119. The SMILES string of the molecule is CCOC(=O)c1ccc(NC(=O)C(C)CN)c(Br)c1. The number of carbonyl (C=O) groups excluding carboxylic acids is 2. The zero-order chi connectivity index (χ0) is 14.4. The Morgan fingerprint density at radius 1 is 1.47 bits per heavy atom. The van der Waals surface area contributed by atoms with E-state index in [1.54, 1.807) is 32.0 Å². The van der Waals surface area contributed by atoms with E-state index in [1.165, 1.54) is 0 Å². The molecule has 0 heterocycles. The molecule has 1 unspecified atom stereocenters. The van der Waals surface area contributed by atoms with Crippen LogP contribution in [0.4, 0.5) is 5.69 Å². The zero-order valence-corrected chi connectivity index (χ0v) is 12.5. The fraction of sp³-hybridized carbons (Fsp3) is 0.385. The van der Waals surface area contributed by atoms with Gasteiger partial charge in [0.1, 0.15) is 0 Å². The van der Waals surface area contributed by atoms with Crippen molar-refractivity contribution in [1.29, 1.82) is 0 Å². The number of amides is 1. The number of anilines is 1. The van der Waals surface area contributed by atoms with Gasteiger partial charge in [0.05, 0.1) is 17.9 Å². The van der Waals surface area contributed by atoms with Crippen LogP contribution in [0.25, 0.3) is 0 Å². The Hall–Kier alpha value is -1.40. The van der Waals surface area contributed by atoms with Gasteiger partial charge in [-0.3, -0.25) is 4.79 Å². The number of esters is 1. The summed E-state index contributed by atoms with van der Waals surface area (Å²) in [6.45, 7) is 4.10. The molecule has 1 rings (SSSR count). The summed E-state index contributed by atoms with van der Waals surface area (Å²) < 4.78 is 5.52. The topological polar surface area (TPSA) is 81.4 Å². The summed E-state index contributed by atoms with van der Waals surface area (Å²) in [4.78, 5) is 23.3. The number of nitrogens with two attached hydrogens (primary N) is 1. The van der Waals surface area contributed by atoms with E-state index in [0.29, 0.717) is 22.3 Å². The molecular weight excluding hydrogens is 312 g/mol. The van der Waals surface area contributed by atoms with Crippen molar-refractivity contribution in [3.8, 4) is 0 Å². The van der Waals surface area contributed by atoms with Gasteiger partial charge in [-0.05, 0) is 41.1 Å². The number of ether oxygens (including phenoxy) is 1. The number of benzene rings is 1. The summed E-state index contributed by atoms with van der Waals surface area (Å²) in [7, 11) is 0. The molecule has 0 radical (unpaired) electrons. The fourth-order valence-corrected chi connectivity index (χ4v) is 1.80. The van der Waals surface area contributed by atoms with E-state index in [2.05, 4.69) is 21.2 Å². The van der Waals surface area contributed by atoms with Crippen LogP contribution in [-0.2, 0) is 9.53 Å². The van der Waals surface area contributed by atoms with Crippen molar-refractivity contribution in [2.75, 3.05) is 18.5 Å². The third-order valence-corrected chi connectivity index (χ3v) is 3.20. The standard InChI is InChI=1S/C13H17BrN2O3/c1-3-19-13(18)9-4-5-11(10(14)6-9)16-12(17)8(2)7-15/h4-6,8H,3,7,15H2,1-2H3,(H,16,17). The van der Waals surface area contributed by atoms with Crippen LogP contribution in [0.2, 0.25) is 0 Å². The first-order chi connectivity index (χ1) is 8.99. The minimum absolute atomic E-state index is 0.160. The molecule has 0 fully saturated rings. The Morgan fingerprint density at radius 3 is 2.68 bits per heavy atom. The molecule has 1 atom stereocenters. The highest BCUT2D eigenvalue weighted by Gasteiger charge is 2.14. The highest BCUT2D eigenvalue weighted by atomic mass is 79.9. The number of halogens is 1. The Balaban J connectivity index is 2.83. The molecular formula is C13H17BrN2O3. The average Bonchev–Trinajstić information content (AvgIpc) is 2.40. The second-order valence-corrected chi connectivity index (χ2v) is 4.90. The van der Waals surface area contributed by atoms with Crippen molar-refractivity contribution < 1.29 is 14.3 Å². The summed E-state index contributed by atoms with van der Waals surface area (Å²) in [5.74, 6) is -0.819. The normalized spacial score (nSPS) is 11.8. The molecule has 0 saturated carbocycles. The Bertz CT molecular complexity index is 477. The van der Waals surface area contributed by atoms with E-state index >= 15 is 0 Å². The minimum atomic E-state index is -0.392. The number of hydrogen-bond acceptors (Lipinski definition) is 4. The van der Waals surface area contributed by atoms with Crippen molar-refractivity contribution in [1.82, 2.24) is 0 Å². The monoisotopic (exact) mass is 328 g/mol. The predicted molar refractivity (Wildman–Crippen MR) is 76.9 cm³/mol. The van der Waals surface area contributed by atoms with Crippen LogP contribution in [-0.4, -0.2) is 25.0 Å². The lowest BCUT2D eigenvalue weighted by Crippen LogP contribution is -2.26. The highest BCUT2D eigenvalue weighted by Crippen LogP contribution is 2.24. The van der Waals surface area contributed by atoms with Crippen molar-refractivity contribution in [2.45, 2.75) is 13.8 Å². The van der Waals surface area contributed by atoms with Gasteiger partial charge in [0.15, 0.2) is 0 Å². The predicted octanol–water partition coefficient (Wildman–Crippen LogP) is 2.16. The van der Waals surface area contributed by atoms with Gasteiger partial charge < -0.3 is 15.8 Å². The molecule has 5 nitrogen and oxygen atoms in total. The van der Waals surface area contributed by atoms with E-state index in [1.807, 2.05) is 0 Å². The lowest BCUT2D eigenvalue weighted by atomic mass is 10.1. The first kappa shape index (κ1) is 15.7. The highest BCUT2D eigenvalue weighted by molar-refractivity contribution is 9.10. The molecule has 104 valence electrons. The lowest BCUT2D eigenvalue weighted by Gasteiger charge is -2.12. The molecule has 6 heteroatoms. The van der Waals surface area contributed by atoms with Gasteiger partial charge in [-0.25, -0.2) is 4.79 Å². The maximum Gasteiger partial charge on any atom is 0.338 e. The third kappa shape index (κ3) is 4.33. The summed E-state index contributed by atoms with van der Waals surface area (Å²) in [5.41, 5.74) is 6.45. The van der Waals surface area contributed by atoms with Gasteiger partial charge >= 0.3 is 5.97 Å². The van der Waals surface area contributed by atoms with Gasteiger partial charge in [0.25, 0.3) is 0 Å². The smallest absolute Gasteiger partial charge is 0.338 e. The summed E-state index contributed by atoms with van der Waals surface area (Å²) in [6.07, 6.45) is 0. The molecule has 0 aliphatic heterocycles. The first-order valence-electron chi connectivity index (χ1n) is 5.97. The third-order valence-electron chi connectivity index (χ3n) is 2.54. The largest absolute Gasteiger partial charge is 0.462 e. The number of nitrogens with one attached hydrogen (secondary N) is 1. The molecule has 1 amide bonds. The quantitative estimate of drug-likeness (QED) is 0.811. The van der Waals surface area contributed by atoms with Crippen molar-refractivity contribution >= 4 is 33.5 Å². The summed E-state index contributed by atoms with van der Waals surface area (Å²) in [6, 6.07) is 4.86. The van der Waals surface area contributed by atoms with Gasteiger partial charge in [0, 0.05) is 16.9 Å². The van der Waals surface area contributed by atoms with Crippen molar-refractivity contribution in [3.63, 3.8) is 0 Å². The Kier molecular flexibility index (Phi) is 5.98. The summed E-state index contributed by atoms with van der Waals surface area (Å²) in [5, 5.41) is 2.74. The average molecular weight is 329 g/mol.